The number of unbranched alkanes of at least 4 members (excludes halogenated alkanes) is 18. The second kappa shape index (κ2) is 22.8. The number of nitrogens with zero attached hydrogens (tertiary/aromatic N) is 2. The van der Waals surface area contributed by atoms with E-state index in [2.05, 4.69) is 18.8 Å². The molecule has 0 radical (unpaired) electrons. The predicted molar refractivity (Wildman–Crippen MR) is 162 cm³/mol. The molecular formula is C34H56N2O2. The van der Waals surface area contributed by atoms with Gasteiger partial charge in [0.15, 0.2) is 0 Å². The lowest BCUT2D eigenvalue weighted by atomic mass is 10.1. The first-order chi connectivity index (χ1) is 18.8. The van der Waals surface area contributed by atoms with E-state index in [-0.39, 0.29) is 0 Å². The van der Waals surface area contributed by atoms with Crippen LogP contribution in [0, 0.1) is 0 Å². The van der Waals surface area contributed by atoms with Gasteiger partial charge in [-0.1, -0.05) is 135 Å². The van der Waals surface area contributed by atoms with Crippen LogP contribution in [0.4, 0.5) is 0 Å². The van der Waals surface area contributed by atoms with Gasteiger partial charge in [-0.25, -0.2) is 0 Å². The smallest absolute Gasteiger partial charge is 0.226 e. The highest BCUT2D eigenvalue weighted by molar-refractivity contribution is 5.65. The minimum Gasteiger partial charge on any atom is -0.478 e. The first kappa shape index (κ1) is 32.1. The van der Waals surface area contributed by atoms with Crippen molar-refractivity contribution in [1.29, 1.82) is 0 Å². The van der Waals surface area contributed by atoms with Crippen LogP contribution in [0.5, 0.6) is 11.8 Å². The molecule has 0 aliphatic heterocycles. The van der Waals surface area contributed by atoms with Crippen molar-refractivity contribution in [2.24, 2.45) is 0 Å². The summed E-state index contributed by atoms with van der Waals surface area (Å²) in [5, 5.41) is 0. The zero-order valence-corrected chi connectivity index (χ0v) is 24.7. The molecule has 4 nitrogen and oxygen atoms in total. The minimum absolute atomic E-state index is 0.639. The van der Waals surface area contributed by atoms with E-state index in [1.54, 1.807) is 0 Å². The van der Waals surface area contributed by atoms with E-state index in [1.807, 2.05) is 36.5 Å². The fraction of sp³-hybridized carbons (Fsp3) is 0.706. The number of hydrogen-bond acceptors (Lipinski definition) is 4. The summed E-state index contributed by atoms with van der Waals surface area (Å²) in [5.41, 5.74) is 1.82. The van der Waals surface area contributed by atoms with E-state index >= 15 is 0 Å². The molecule has 4 heteroatoms. The highest BCUT2D eigenvalue weighted by atomic mass is 16.5. The zero-order chi connectivity index (χ0) is 26.9. The van der Waals surface area contributed by atoms with Gasteiger partial charge in [0, 0.05) is 12.3 Å². The molecule has 2 aromatic rings. The van der Waals surface area contributed by atoms with Crippen molar-refractivity contribution in [1.82, 2.24) is 9.97 Å². The number of aromatic nitrogens is 2. The number of rotatable bonds is 25. The topological polar surface area (TPSA) is 44.2 Å². The summed E-state index contributed by atoms with van der Waals surface area (Å²) in [4.78, 5) is 9.25. The molecule has 2 rings (SSSR count). The van der Waals surface area contributed by atoms with Crippen LogP contribution in [0.2, 0.25) is 0 Å². The number of ether oxygens (including phenoxy) is 2. The quantitative estimate of drug-likeness (QED) is 0.121. The van der Waals surface area contributed by atoms with Gasteiger partial charge in [-0.3, -0.25) is 4.98 Å². The molecular weight excluding hydrogens is 468 g/mol. The van der Waals surface area contributed by atoms with Crippen LogP contribution in [-0.2, 0) is 0 Å². The zero-order valence-electron chi connectivity index (χ0n) is 24.7. The first-order valence-corrected chi connectivity index (χ1v) is 16.0. The molecule has 0 atom stereocenters. The molecule has 0 aliphatic carbocycles. The van der Waals surface area contributed by atoms with Gasteiger partial charge in [-0.2, -0.15) is 4.98 Å². The summed E-state index contributed by atoms with van der Waals surface area (Å²) in [5.74, 6) is 1.29. The fourth-order valence-electron chi connectivity index (χ4n) is 4.86. The molecule has 0 aromatic carbocycles. The van der Waals surface area contributed by atoms with Crippen LogP contribution >= 0.6 is 0 Å². The van der Waals surface area contributed by atoms with Gasteiger partial charge in [-0.05, 0) is 31.0 Å². The van der Waals surface area contributed by atoms with Crippen molar-refractivity contribution in [2.75, 3.05) is 13.2 Å². The third-order valence-corrected chi connectivity index (χ3v) is 7.26. The second-order valence-corrected chi connectivity index (χ2v) is 10.8. The maximum Gasteiger partial charge on any atom is 0.226 e. The lowest BCUT2D eigenvalue weighted by Gasteiger charge is -2.13. The number of pyridine rings is 2. The molecule has 0 unspecified atom stereocenters. The summed E-state index contributed by atoms with van der Waals surface area (Å²) in [6.45, 7) is 5.95. The van der Waals surface area contributed by atoms with Crippen LogP contribution in [0.1, 0.15) is 142 Å². The van der Waals surface area contributed by atoms with E-state index in [0.29, 0.717) is 25.0 Å². The van der Waals surface area contributed by atoms with Crippen molar-refractivity contribution in [2.45, 2.75) is 142 Å². The second-order valence-electron chi connectivity index (χ2n) is 10.8. The average Bonchev–Trinajstić information content (AvgIpc) is 2.95. The van der Waals surface area contributed by atoms with E-state index in [1.165, 1.54) is 116 Å². The molecule has 0 saturated heterocycles. The Hall–Kier alpha value is -2.10. The van der Waals surface area contributed by atoms with Gasteiger partial charge in [0.25, 0.3) is 0 Å². The van der Waals surface area contributed by atoms with Gasteiger partial charge in [-0.15, -0.1) is 0 Å². The van der Waals surface area contributed by atoms with Gasteiger partial charge < -0.3 is 9.47 Å². The average molecular weight is 525 g/mol. The fourth-order valence-corrected chi connectivity index (χ4v) is 4.86. The third kappa shape index (κ3) is 15.3. The Bertz CT molecular complexity index is 796. The first-order valence-electron chi connectivity index (χ1n) is 16.0. The van der Waals surface area contributed by atoms with Crippen molar-refractivity contribution in [3.05, 3.63) is 36.5 Å². The van der Waals surface area contributed by atoms with E-state index in [0.717, 1.165) is 24.1 Å². The highest BCUT2D eigenvalue weighted by Gasteiger charge is 2.11. The van der Waals surface area contributed by atoms with Crippen LogP contribution in [0.15, 0.2) is 36.5 Å². The standard InChI is InChI=1S/C34H56N2O2/c1-3-5-7-9-11-13-15-17-19-23-29-37-33-27-26-31(32-25-21-22-28-35-32)34(36-33)38-30-24-20-18-16-14-12-10-8-6-4-2/h21-22,25-28H,3-20,23-24,29-30H2,1-2H3. The maximum atomic E-state index is 6.18. The van der Waals surface area contributed by atoms with Gasteiger partial charge in [0.1, 0.15) is 0 Å². The van der Waals surface area contributed by atoms with Crippen molar-refractivity contribution in [3.63, 3.8) is 0 Å². The maximum absolute atomic E-state index is 6.18. The van der Waals surface area contributed by atoms with Crippen LogP contribution in [0.3, 0.4) is 0 Å². The third-order valence-electron chi connectivity index (χ3n) is 7.26. The van der Waals surface area contributed by atoms with Crippen molar-refractivity contribution < 1.29 is 9.47 Å². The largest absolute Gasteiger partial charge is 0.478 e. The Morgan fingerprint density at radius 1 is 0.526 bits per heavy atom. The predicted octanol–water partition coefficient (Wildman–Crippen LogP) is 10.7. The molecule has 2 aromatic heterocycles. The Morgan fingerprint density at radius 2 is 1.03 bits per heavy atom. The SMILES string of the molecule is CCCCCCCCCCCCOc1ccc(-c2ccccn2)c(OCCCCCCCCCCCC)n1. The Morgan fingerprint density at radius 3 is 1.53 bits per heavy atom. The van der Waals surface area contributed by atoms with Crippen LogP contribution < -0.4 is 9.47 Å². The minimum atomic E-state index is 0.639. The summed E-state index contributed by atoms with van der Waals surface area (Å²) in [6.07, 6.45) is 28.2. The monoisotopic (exact) mass is 524 g/mol. The molecule has 38 heavy (non-hydrogen) atoms. The summed E-state index contributed by atoms with van der Waals surface area (Å²) in [6, 6.07) is 9.94. The molecule has 0 aliphatic rings. The molecule has 214 valence electrons. The van der Waals surface area contributed by atoms with E-state index in [9.17, 15) is 0 Å². The molecule has 0 fully saturated rings. The molecule has 0 spiro atoms. The normalized spacial score (nSPS) is 11.1. The van der Waals surface area contributed by atoms with E-state index in [4.69, 9.17) is 14.5 Å². The van der Waals surface area contributed by atoms with Crippen LogP contribution in [0.25, 0.3) is 11.3 Å². The Labute approximate surface area is 234 Å². The number of hydrogen-bond donors (Lipinski definition) is 0. The Balaban J connectivity index is 1.68. The lowest BCUT2D eigenvalue weighted by molar-refractivity contribution is 0.270. The van der Waals surface area contributed by atoms with Crippen LogP contribution in [-0.4, -0.2) is 23.2 Å². The molecule has 0 saturated carbocycles. The van der Waals surface area contributed by atoms with Gasteiger partial charge in [0.05, 0.1) is 24.5 Å². The summed E-state index contributed by atoms with van der Waals surface area (Å²) < 4.78 is 12.2. The van der Waals surface area contributed by atoms with Gasteiger partial charge in [0.2, 0.25) is 11.8 Å². The Kier molecular flexibility index (Phi) is 19.3. The van der Waals surface area contributed by atoms with Gasteiger partial charge >= 0.3 is 0 Å². The highest BCUT2D eigenvalue weighted by Crippen LogP contribution is 2.29. The van der Waals surface area contributed by atoms with E-state index < -0.39 is 0 Å². The molecule has 0 N–H and O–H groups in total. The van der Waals surface area contributed by atoms with Crippen molar-refractivity contribution >= 4 is 0 Å². The lowest BCUT2D eigenvalue weighted by Crippen LogP contribution is -2.04. The molecule has 0 bridgehead atoms. The summed E-state index contributed by atoms with van der Waals surface area (Å²) in [7, 11) is 0. The summed E-state index contributed by atoms with van der Waals surface area (Å²) >= 11 is 0. The molecule has 2 heterocycles. The molecule has 0 amide bonds. The van der Waals surface area contributed by atoms with Crippen molar-refractivity contribution in [3.8, 4) is 23.0 Å².